The number of hydrogen-bond acceptors (Lipinski definition) is 7. The molecule has 1 aliphatic heterocycles. The van der Waals surface area contributed by atoms with Crippen molar-refractivity contribution in [2.45, 2.75) is 58.2 Å². The Bertz CT molecular complexity index is 1430. The minimum Gasteiger partial charge on any atom is -0.366 e. The first-order valence-electron chi connectivity index (χ1n) is 12.1. The van der Waals surface area contributed by atoms with Crippen LogP contribution in [0, 0.1) is 6.92 Å². The second-order valence-electron chi connectivity index (χ2n) is 9.79. The van der Waals surface area contributed by atoms with E-state index in [1.54, 1.807) is 47.8 Å². The fourth-order valence-electron chi connectivity index (χ4n) is 4.73. The largest absolute Gasteiger partial charge is 0.366 e. The van der Waals surface area contributed by atoms with Crippen molar-refractivity contribution in [3.05, 3.63) is 30.2 Å². The molecule has 198 valence electrons. The zero-order valence-electron chi connectivity index (χ0n) is 21.0. The quantitative estimate of drug-likeness (QED) is 0.352. The summed E-state index contributed by atoms with van der Waals surface area (Å²) < 4.78 is 58.6. The van der Waals surface area contributed by atoms with E-state index in [4.69, 9.17) is 0 Å². The minimum atomic E-state index is -2.93. The Morgan fingerprint density at radius 2 is 1.92 bits per heavy atom. The molecule has 5 heterocycles. The molecule has 4 aromatic heterocycles. The van der Waals surface area contributed by atoms with Gasteiger partial charge in [-0.1, -0.05) is 0 Å². The van der Waals surface area contributed by atoms with Gasteiger partial charge in [0.15, 0.2) is 11.5 Å². The van der Waals surface area contributed by atoms with Crippen molar-refractivity contribution in [1.82, 2.24) is 34.0 Å². The number of piperidine rings is 1. The number of imidazole rings is 1. The van der Waals surface area contributed by atoms with Crippen LogP contribution in [0.15, 0.2) is 24.4 Å². The summed E-state index contributed by atoms with van der Waals surface area (Å²) >= 11 is 0. The van der Waals surface area contributed by atoms with E-state index in [-0.39, 0.29) is 25.0 Å². The Hall–Kier alpha value is -3.48. The number of nitrogens with zero attached hydrogens (tertiary/aromatic N) is 7. The first-order valence-corrected chi connectivity index (χ1v) is 12.1. The SMILES string of the molecule is Cc1nc2ccc(-c3ccn4nc(N[C@@H]5CCN(C)CC5(F)F)nc(NC(C)C)c34)nc2n1CC(F)F. The van der Waals surface area contributed by atoms with Crippen LogP contribution in [0.4, 0.5) is 29.3 Å². The Morgan fingerprint density at radius 3 is 2.62 bits per heavy atom. The van der Waals surface area contributed by atoms with Crippen molar-refractivity contribution in [2.24, 2.45) is 0 Å². The van der Waals surface area contributed by atoms with E-state index >= 15 is 0 Å². The Kier molecular flexibility index (Phi) is 6.42. The van der Waals surface area contributed by atoms with Gasteiger partial charge in [0, 0.05) is 24.3 Å². The number of likely N-dealkylation sites (tertiary alicyclic amines) is 1. The molecule has 1 atom stereocenters. The van der Waals surface area contributed by atoms with Crippen molar-refractivity contribution < 1.29 is 17.6 Å². The highest BCUT2D eigenvalue weighted by molar-refractivity contribution is 5.89. The molecule has 1 saturated heterocycles. The van der Waals surface area contributed by atoms with Gasteiger partial charge in [0.05, 0.1) is 24.8 Å². The molecule has 1 aliphatic rings. The molecule has 0 spiro atoms. The molecule has 0 bridgehead atoms. The van der Waals surface area contributed by atoms with Gasteiger partial charge in [0.25, 0.3) is 12.3 Å². The highest BCUT2D eigenvalue weighted by atomic mass is 19.3. The molecule has 0 amide bonds. The molecule has 4 aromatic rings. The number of aromatic nitrogens is 6. The molecule has 0 unspecified atom stereocenters. The summed E-state index contributed by atoms with van der Waals surface area (Å²) in [6.07, 6.45) is -0.594. The Labute approximate surface area is 210 Å². The lowest BCUT2D eigenvalue weighted by atomic mass is 10.0. The molecule has 5 rings (SSSR count). The average Bonchev–Trinajstić information content (AvgIpc) is 3.35. The molecule has 0 radical (unpaired) electrons. The lowest BCUT2D eigenvalue weighted by Gasteiger charge is -2.36. The Morgan fingerprint density at radius 1 is 1.14 bits per heavy atom. The molecule has 9 nitrogen and oxygen atoms in total. The van der Waals surface area contributed by atoms with Crippen molar-refractivity contribution in [3.8, 4) is 11.3 Å². The van der Waals surface area contributed by atoms with Gasteiger partial charge in [-0.25, -0.2) is 32.0 Å². The maximum atomic E-state index is 14.7. The summed E-state index contributed by atoms with van der Waals surface area (Å²) in [5, 5.41) is 10.6. The van der Waals surface area contributed by atoms with Crippen LogP contribution in [0.25, 0.3) is 27.9 Å². The number of alkyl halides is 4. The molecule has 0 aromatic carbocycles. The highest BCUT2D eigenvalue weighted by Gasteiger charge is 2.44. The lowest BCUT2D eigenvalue weighted by Crippen LogP contribution is -2.53. The minimum absolute atomic E-state index is 0.00960. The molecule has 37 heavy (non-hydrogen) atoms. The summed E-state index contributed by atoms with van der Waals surface area (Å²) in [4.78, 5) is 15.2. The van der Waals surface area contributed by atoms with Gasteiger partial charge >= 0.3 is 0 Å². The molecule has 0 saturated carbocycles. The zero-order chi connectivity index (χ0) is 26.5. The smallest absolute Gasteiger partial charge is 0.280 e. The van der Waals surface area contributed by atoms with Crippen molar-refractivity contribution >= 4 is 28.4 Å². The van der Waals surface area contributed by atoms with E-state index < -0.39 is 24.9 Å². The van der Waals surface area contributed by atoms with E-state index in [1.165, 1.54) is 4.57 Å². The van der Waals surface area contributed by atoms with Gasteiger partial charge in [-0.3, -0.25) is 0 Å². The summed E-state index contributed by atoms with van der Waals surface area (Å²) in [5.74, 6) is -1.95. The molecule has 0 aliphatic carbocycles. The standard InChI is InChI=1S/C24H29F4N9/c1-13(2)29-21-20-15(16-5-6-17-22(31-16)36(11-19(25)26)14(3)30-17)7-10-37(20)34-23(33-21)32-18-8-9-35(4)12-24(18,27)28/h5-7,10,13,18-19H,8-9,11-12H2,1-4H3,(H2,29,32,33,34)/t18-/m1/s1. The maximum absolute atomic E-state index is 14.7. The first-order chi connectivity index (χ1) is 17.5. The van der Waals surface area contributed by atoms with Gasteiger partial charge in [-0.2, -0.15) is 4.98 Å². The number of nitrogens with one attached hydrogen (secondary N) is 2. The second kappa shape index (κ2) is 9.43. The van der Waals surface area contributed by atoms with Gasteiger partial charge in [-0.15, -0.1) is 5.10 Å². The third kappa shape index (κ3) is 4.91. The molecular weight excluding hydrogens is 490 g/mol. The number of anilines is 2. The fraction of sp³-hybridized carbons (Fsp3) is 0.500. The number of pyridine rings is 1. The van der Waals surface area contributed by atoms with Crippen LogP contribution in [0.2, 0.25) is 0 Å². The van der Waals surface area contributed by atoms with Gasteiger partial charge < -0.3 is 20.1 Å². The summed E-state index contributed by atoms with van der Waals surface area (Å²) in [5.41, 5.74) is 2.68. The van der Waals surface area contributed by atoms with E-state index in [9.17, 15) is 17.6 Å². The van der Waals surface area contributed by atoms with Crippen LogP contribution < -0.4 is 10.6 Å². The number of rotatable bonds is 7. The molecule has 1 fully saturated rings. The van der Waals surface area contributed by atoms with Crippen molar-refractivity contribution in [2.75, 3.05) is 30.8 Å². The highest BCUT2D eigenvalue weighted by Crippen LogP contribution is 2.33. The predicted molar refractivity (Wildman–Crippen MR) is 133 cm³/mol. The van der Waals surface area contributed by atoms with Crippen LogP contribution in [0.1, 0.15) is 26.1 Å². The zero-order valence-corrected chi connectivity index (χ0v) is 21.0. The molecule has 13 heteroatoms. The summed E-state index contributed by atoms with van der Waals surface area (Å²) in [6, 6.07) is 4.19. The number of halogens is 4. The number of hydrogen-bond donors (Lipinski definition) is 2. The van der Waals surface area contributed by atoms with E-state index in [0.717, 1.165) is 0 Å². The van der Waals surface area contributed by atoms with Crippen molar-refractivity contribution in [3.63, 3.8) is 0 Å². The predicted octanol–water partition coefficient (Wildman–Crippen LogP) is 4.29. The topological polar surface area (TPSA) is 88.2 Å². The number of fused-ring (bicyclic) bond motifs is 2. The molecular formula is C24H29F4N9. The van der Waals surface area contributed by atoms with Crippen LogP contribution in [-0.4, -0.2) is 78.6 Å². The fourth-order valence-corrected chi connectivity index (χ4v) is 4.73. The van der Waals surface area contributed by atoms with Crippen LogP contribution in [-0.2, 0) is 6.54 Å². The number of aryl methyl sites for hydroxylation is 1. The first kappa shape index (κ1) is 25.2. The summed E-state index contributed by atoms with van der Waals surface area (Å²) in [7, 11) is 1.67. The van der Waals surface area contributed by atoms with Crippen molar-refractivity contribution in [1.29, 1.82) is 0 Å². The Balaban J connectivity index is 1.57. The van der Waals surface area contributed by atoms with Gasteiger partial charge in [0.1, 0.15) is 16.9 Å². The normalized spacial score (nSPS) is 18.4. The van der Waals surface area contributed by atoms with Crippen LogP contribution in [0.5, 0.6) is 0 Å². The third-order valence-corrected chi connectivity index (χ3v) is 6.41. The van der Waals surface area contributed by atoms with E-state index in [2.05, 4.69) is 30.7 Å². The maximum Gasteiger partial charge on any atom is 0.280 e. The van der Waals surface area contributed by atoms with Gasteiger partial charge in [-0.05, 0) is 52.4 Å². The lowest BCUT2D eigenvalue weighted by molar-refractivity contribution is -0.0675. The van der Waals surface area contributed by atoms with E-state index in [0.29, 0.717) is 46.1 Å². The van der Waals surface area contributed by atoms with Crippen LogP contribution >= 0.6 is 0 Å². The van der Waals surface area contributed by atoms with E-state index in [1.807, 2.05) is 13.8 Å². The van der Waals surface area contributed by atoms with Gasteiger partial charge in [0.2, 0.25) is 5.95 Å². The monoisotopic (exact) mass is 519 g/mol. The van der Waals surface area contributed by atoms with Crippen LogP contribution in [0.3, 0.4) is 0 Å². The average molecular weight is 520 g/mol. The third-order valence-electron chi connectivity index (χ3n) is 6.41. The summed E-state index contributed by atoms with van der Waals surface area (Å²) in [6.45, 7) is 5.24. The molecule has 2 N–H and O–H groups in total. The second-order valence-corrected chi connectivity index (χ2v) is 9.79.